The van der Waals surface area contributed by atoms with Crippen molar-refractivity contribution in [1.82, 2.24) is 0 Å². The van der Waals surface area contributed by atoms with Crippen molar-refractivity contribution in [2.45, 2.75) is 102 Å². The molecule has 194 valence electrons. The topological polar surface area (TPSA) is 83.8 Å². The molecule has 0 spiro atoms. The number of aryl methyl sites for hydroxylation is 2. The Kier molecular flexibility index (Phi) is 9.06. The molecule has 0 bridgehead atoms. The number of hydrogen-bond donors (Lipinski definition) is 2. The highest BCUT2D eigenvalue weighted by Crippen LogP contribution is 2.47. The number of aliphatic carboxylic acids is 2. The van der Waals surface area contributed by atoms with Gasteiger partial charge in [-0.05, 0) is 84.2 Å². The maximum Gasteiger partial charge on any atom is 0.303 e. The van der Waals surface area contributed by atoms with Crippen molar-refractivity contribution in [3.63, 3.8) is 0 Å². The first-order chi connectivity index (χ1) is 17.5. The van der Waals surface area contributed by atoms with Crippen LogP contribution in [0, 0.1) is 0 Å². The summed E-state index contributed by atoms with van der Waals surface area (Å²) in [6.45, 7) is 0. The number of hydrogen-bond acceptors (Lipinski definition) is 3. The third-order valence-electron chi connectivity index (χ3n) is 8.14. The molecule has 2 N–H and O–H groups in total. The van der Waals surface area contributed by atoms with Crippen LogP contribution >= 0.6 is 0 Å². The van der Waals surface area contributed by atoms with Gasteiger partial charge in [-0.3, -0.25) is 9.59 Å². The normalized spacial score (nSPS) is 17.1. The van der Waals surface area contributed by atoms with E-state index in [9.17, 15) is 19.8 Å². The van der Waals surface area contributed by atoms with E-state index in [1.165, 1.54) is 73.6 Å². The van der Waals surface area contributed by atoms with Crippen molar-refractivity contribution >= 4 is 11.9 Å². The van der Waals surface area contributed by atoms with Gasteiger partial charge in [0.25, 0.3) is 0 Å². The van der Waals surface area contributed by atoms with E-state index in [2.05, 4.69) is 24.3 Å². The number of benzene rings is 2. The molecule has 2 fully saturated rings. The molecule has 4 rings (SSSR count). The maximum atomic E-state index is 11.3. The molecular weight excluding hydrogens is 452 g/mol. The van der Waals surface area contributed by atoms with E-state index in [0.29, 0.717) is 24.7 Å². The molecule has 5 heteroatoms. The van der Waals surface area contributed by atoms with E-state index < -0.39 is 11.9 Å². The second-order valence-electron chi connectivity index (χ2n) is 10.6. The lowest BCUT2D eigenvalue weighted by atomic mass is 9.76. The summed E-state index contributed by atoms with van der Waals surface area (Å²) in [7, 11) is 1.72. The van der Waals surface area contributed by atoms with Crippen molar-refractivity contribution in [2.24, 2.45) is 0 Å². The second kappa shape index (κ2) is 12.4. The van der Waals surface area contributed by atoms with Crippen LogP contribution in [0.2, 0.25) is 0 Å². The van der Waals surface area contributed by atoms with E-state index in [-0.39, 0.29) is 12.8 Å². The molecule has 0 amide bonds. The van der Waals surface area contributed by atoms with Crippen molar-refractivity contribution in [2.75, 3.05) is 7.11 Å². The molecule has 0 radical (unpaired) electrons. The molecule has 2 aliphatic rings. The van der Waals surface area contributed by atoms with Gasteiger partial charge in [0.1, 0.15) is 5.75 Å². The van der Waals surface area contributed by atoms with Crippen LogP contribution in [-0.2, 0) is 22.4 Å². The van der Waals surface area contributed by atoms with Gasteiger partial charge in [0.2, 0.25) is 0 Å². The van der Waals surface area contributed by atoms with Crippen LogP contribution in [0.25, 0.3) is 11.1 Å². The van der Waals surface area contributed by atoms with Crippen LogP contribution in [0.1, 0.15) is 111 Å². The molecular formula is C31H40O5. The summed E-state index contributed by atoms with van der Waals surface area (Å²) in [5.74, 6) is 0.193. The van der Waals surface area contributed by atoms with Crippen molar-refractivity contribution in [3.8, 4) is 16.9 Å². The monoisotopic (exact) mass is 492 g/mol. The maximum absolute atomic E-state index is 11.3. The molecule has 2 aromatic rings. The summed E-state index contributed by atoms with van der Waals surface area (Å²) in [6.07, 6.45) is 13.2. The van der Waals surface area contributed by atoms with Gasteiger partial charge in [-0.2, -0.15) is 0 Å². The SMILES string of the molecule is COc1cc(CCC(=O)O)cc(-c2cc(CCC(=O)O)ccc2C2CCCCC2)c1C1CCCCC1. The van der Waals surface area contributed by atoms with Gasteiger partial charge < -0.3 is 14.9 Å². The lowest BCUT2D eigenvalue weighted by molar-refractivity contribution is -0.138. The zero-order valence-corrected chi connectivity index (χ0v) is 21.6. The smallest absolute Gasteiger partial charge is 0.303 e. The number of carboxylic acid groups (broad SMARTS) is 2. The Morgan fingerprint density at radius 2 is 1.31 bits per heavy atom. The quantitative estimate of drug-likeness (QED) is 0.359. The van der Waals surface area contributed by atoms with Gasteiger partial charge in [-0.25, -0.2) is 0 Å². The van der Waals surface area contributed by atoms with E-state index in [0.717, 1.165) is 29.7 Å². The van der Waals surface area contributed by atoms with Gasteiger partial charge in [0.15, 0.2) is 0 Å². The fraction of sp³-hybridized carbons (Fsp3) is 0.548. The minimum atomic E-state index is -0.801. The summed E-state index contributed by atoms with van der Waals surface area (Å²) in [4.78, 5) is 22.6. The highest BCUT2D eigenvalue weighted by atomic mass is 16.5. The lowest BCUT2D eigenvalue weighted by Gasteiger charge is -2.30. The first kappa shape index (κ1) is 26.2. The van der Waals surface area contributed by atoms with Crippen molar-refractivity contribution < 1.29 is 24.5 Å². The molecule has 0 saturated heterocycles. The second-order valence-corrected chi connectivity index (χ2v) is 10.6. The number of rotatable bonds is 10. The summed E-state index contributed by atoms with van der Waals surface area (Å²) < 4.78 is 5.98. The molecule has 36 heavy (non-hydrogen) atoms. The van der Waals surface area contributed by atoms with Crippen LogP contribution in [0.5, 0.6) is 5.75 Å². The van der Waals surface area contributed by atoms with Crippen LogP contribution in [-0.4, -0.2) is 29.3 Å². The fourth-order valence-corrected chi connectivity index (χ4v) is 6.30. The zero-order valence-electron chi connectivity index (χ0n) is 21.6. The van der Waals surface area contributed by atoms with Gasteiger partial charge in [0, 0.05) is 18.4 Å². The van der Waals surface area contributed by atoms with E-state index >= 15 is 0 Å². The highest BCUT2D eigenvalue weighted by Gasteiger charge is 2.27. The average Bonchev–Trinajstić information content (AvgIpc) is 2.91. The summed E-state index contributed by atoms with van der Waals surface area (Å²) in [5, 5.41) is 18.6. The standard InChI is InChI=1S/C31H40O5/c1-36-28-20-22(14-17-30(34)35)19-27(31(28)24-10-6-3-7-11-24)26-18-21(13-16-29(32)33)12-15-25(26)23-8-4-2-5-9-23/h12,15,18-20,23-24H,2-11,13-14,16-17H2,1H3,(H,32,33)(H,34,35). The Hall–Kier alpha value is -2.82. The molecule has 0 aromatic heterocycles. The van der Waals surface area contributed by atoms with Crippen molar-refractivity contribution in [3.05, 3.63) is 52.6 Å². The fourth-order valence-electron chi connectivity index (χ4n) is 6.30. The first-order valence-electron chi connectivity index (χ1n) is 13.7. The molecule has 0 aliphatic heterocycles. The van der Waals surface area contributed by atoms with Crippen LogP contribution in [0.4, 0.5) is 0 Å². The predicted octanol–water partition coefficient (Wildman–Crippen LogP) is 7.49. The Balaban J connectivity index is 1.88. The minimum Gasteiger partial charge on any atom is -0.496 e. The van der Waals surface area contributed by atoms with E-state index in [4.69, 9.17) is 4.74 Å². The number of methoxy groups -OCH3 is 1. The third kappa shape index (κ3) is 6.48. The van der Waals surface area contributed by atoms with E-state index in [1.807, 2.05) is 6.07 Å². The highest BCUT2D eigenvalue weighted by molar-refractivity contribution is 5.77. The van der Waals surface area contributed by atoms with Crippen molar-refractivity contribution in [1.29, 1.82) is 0 Å². The first-order valence-corrected chi connectivity index (χ1v) is 13.7. The zero-order chi connectivity index (χ0) is 25.5. The summed E-state index contributed by atoms with van der Waals surface area (Å²) >= 11 is 0. The number of carboxylic acids is 2. The molecule has 2 aromatic carbocycles. The Morgan fingerprint density at radius 1 is 0.750 bits per heavy atom. The Labute approximate surface area is 214 Å². The third-order valence-corrected chi connectivity index (χ3v) is 8.14. The Morgan fingerprint density at radius 3 is 1.89 bits per heavy atom. The molecule has 0 atom stereocenters. The average molecular weight is 493 g/mol. The molecule has 0 unspecified atom stereocenters. The predicted molar refractivity (Wildman–Crippen MR) is 142 cm³/mol. The summed E-state index contributed by atoms with van der Waals surface area (Å²) in [5.41, 5.74) is 6.98. The van der Waals surface area contributed by atoms with Crippen LogP contribution in [0.15, 0.2) is 30.3 Å². The molecule has 0 heterocycles. The summed E-state index contributed by atoms with van der Waals surface area (Å²) in [6, 6.07) is 10.8. The van der Waals surface area contributed by atoms with Gasteiger partial charge in [-0.1, -0.05) is 62.8 Å². The van der Waals surface area contributed by atoms with Gasteiger partial charge in [0.05, 0.1) is 7.11 Å². The van der Waals surface area contributed by atoms with E-state index in [1.54, 1.807) is 7.11 Å². The number of carbonyl (C=O) groups is 2. The Bertz CT molecular complexity index is 1060. The molecule has 2 saturated carbocycles. The molecule has 2 aliphatic carbocycles. The number of ether oxygens (including phenoxy) is 1. The minimum absolute atomic E-state index is 0.0828. The largest absolute Gasteiger partial charge is 0.496 e. The molecule has 5 nitrogen and oxygen atoms in total. The van der Waals surface area contributed by atoms with Crippen LogP contribution in [0.3, 0.4) is 0 Å². The van der Waals surface area contributed by atoms with Crippen LogP contribution < -0.4 is 4.74 Å². The van der Waals surface area contributed by atoms with Gasteiger partial charge >= 0.3 is 11.9 Å². The lowest BCUT2D eigenvalue weighted by Crippen LogP contribution is -2.11. The van der Waals surface area contributed by atoms with Gasteiger partial charge in [-0.15, -0.1) is 0 Å².